The highest BCUT2D eigenvalue weighted by atomic mass is 32.1. The highest BCUT2D eigenvalue weighted by Gasteiger charge is 2.29. The molecule has 1 aliphatic rings. The number of hydrogen-bond acceptors (Lipinski definition) is 6. The Kier molecular flexibility index (Phi) is 7.22. The Morgan fingerprint density at radius 1 is 1.06 bits per heavy atom. The Labute approximate surface area is 201 Å². The SMILES string of the molecule is CC(CNC(=O)c1csc(CCNC(=O)OCC2c3ccccc3-c3ccccc32)n1)C(=O)O. The Hall–Kier alpha value is -3.72. The topological polar surface area (TPSA) is 118 Å². The zero-order chi connectivity index (χ0) is 24.1. The summed E-state index contributed by atoms with van der Waals surface area (Å²) in [6.45, 7) is 2.12. The van der Waals surface area contributed by atoms with E-state index >= 15 is 0 Å². The van der Waals surface area contributed by atoms with Gasteiger partial charge in [0.2, 0.25) is 0 Å². The fourth-order valence-corrected chi connectivity index (χ4v) is 4.65. The van der Waals surface area contributed by atoms with Crippen LogP contribution in [0.2, 0.25) is 0 Å². The molecule has 1 aromatic heterocycles. The summed E-state index contributed by atoms with van der Waals surface area (Å²) >= 11 is 1.31. The number of aromatic nitrogens is 1. The molecule has 0 saturated carbocycles. The number of carboxylic acid groups (broad SMARTS) is 1. The number of nitrogens with one attached hydrogen (secondary N) is 2. The van der Waals surface area contributed by atoms with Crippen LogP contribution >= 0.6 is 11.3 Å². The van der Waals surface area contributed by atoms with Crippen molar-refractivity contribution in [3.05, 3.63) is 75.7 Å². The van der Waals surface area contributed by atoms with E-state index in [1.54, 1.807) is 5.38 Å². The largest absolute Gasteiger partial charge is 0.481 e. The average Bonchev–Trinajstić information content (AvgIpc) is 3.44. The lowest BCUT2D eigenvalue weighted by atomic mass is 9.98. The molecule has 34 heavy (non-hydrogen) atoms. The normalized spacial score (nSPS) is 13.0. The van der Waals surface area contributed by atoms with E-state index in [4.69, 9.17) is 9.84 Å². The maximum atomic E-state index is 12.3. The molecular formula is C25H25N3O5S. The zero-order valence-electron chi connectivity index (χ0n) is 18.6. The second-order valence-corrected chi connectivity index (χ2v) is 9.02. The van der Waals surface area contributed by atoms with E-state index in [-0.39, 0.29) is 24.8 Å². The van der Waals surface area contributed by atoms with E-state index in [0.29, 0.717) is 18.0 Å². The number of aliphatic carboxylic acids is 1. The fourth-order valence-electron chi connectivity index (χ4n) is 3.87. The Balaban J connectivity index is 1.24. The Morgan fingerprint density at radius 2 is 1.71 bits per heavy atom. The number of carbonyl (C=O) groups is 3. The van der Waals surface area contributed by atoms with Gasteiger partial charge in [-0.25, -0.2) is 9.78 Å². The molecular weight excluding hydrogens is 454 g/mol. The second kappa shape index (κ2) is 10.5. The van der Waals surface area contributed by atoms with Gasteiger partial charge in [0.1, 0.15) is 12.3 Å². The summed E-state index contributed by atoms with van der Waals surface area (Å²) in [6, 6.07) is 16.3. The molecule has 4 rings (SSSR count). The Bertz CT molecular complexity index is 1160. The molecule has 1 atom stereocenters. The number of alkyl carbamates (subject to hydrolysis) is 1. The summed E-state index contributed by atoms with van der Waals surface area (Å²) in [5, 5.41) is 16.5. The summed E-state index contributed by atoms with van der Waals surface area (Å²) in [4.78, 5) is 39.5. The first kappa shape index (κ1) is 23.4. The highest BCUT2D eigenvalue weighted by Crippen LogP contribution is 2.44. The minimum atomic E-state index is -0.974. The van der Waals surface area contributed by atoms with Crippen molar-refractivity contribution in [2.45, 2.75) is 19.3 Å². The summed E-state index contributed by atoms with van der Waals surface area (Å²) in [7, 11) is 0. The molecule has 2 aromatic carbocycles. The van der Waals surface area contributed by atoms with Crippen LogP contribution in [0.3, 0.4) is 0 Å². The maximum Gasteiger partial charge on any atom is 0.407 e. The van der Waals surface area contributed by atoms with Crippen LogP contribution in [0, 0.1) is 5.92 Å². The molecule has 2 amide bonds. The number of thiazole rings is 1. The quantitative estimate of drug-likeness (QED) is 0.431. The molecule has 0 aliphatic heterocycles. The van der Waals surface area contributed by atoms with E-state index < -0.39 is 23.9 Å². The molecule has 0 fully saturated rings. The molecule has 8 nitrogen and oxygen atoms in total. The van der Waals surface area contributed by atoms with E-state index in [1.807, 2.05) is 24.3 Å². The van der Waals surface area contributed by atoms with Gasteiger partial charge in [-0.3, -0.25) is 9.59 Å². The zero-order valence-corrected chi connectivity index (χ0v) is 19.4. The van der Waals surface area contributed by atoms with Crippen LogP contribution in [0.1, 0.15) is 39.5 Å². The van der Waals surface area contributed by atoms with Crippen molar-refractivity contribution in [3.8, 4) is 11.1 Å². The summed E-state index contributed by atoms with van der Waals surface area (Å²) in [5.74, 6) is -2.07. The predicted octanol–water partition coefficient (Wildman–Crippen LogP) is 3.67. The third-order valence-corrected chi connectivity index (χ3v) is 6.64. The fraction of sp³-hybridized carbons (Fsp3) is 0.280. The van der Waals surface area contributed by atoms with Gasteiger partial charge in [-0.05, 0) is 22.3 Å². The molecule has 176 valence electrons. The van der Waals surface area contributed by atoms with Crippen molar-refractivity contribution in [2.75, 3.05) is 19.7 Å². The van der Waals surface area contributed by atoms with Crippen molar-refractivity contribution < 1.29 is 24.2 Å². The summed E-state index contributed by atoms with van der Waals surface area (Å²) in [6.07, 6.45) is -0.0488. The summed E-state index contributed by atoms with van der Waals surface area (Å²) < 4.78 is 5.52. The number of nitrogens with zero attached hydrogens (tertiary/aromatic N) is 1. The number of amides is 2. The van der Waals surface area contributed by atoms with Crippen LogP contribution in [-0.4, -0.2) is 47.8 Å². The van der Waals surface area contributed by atoms with Gasteiger partial charge in [-0.1, -0.05) is 55.5 Å². The number of carboxylic acids is 1. The standard InChI is InChI=1S/C25H25N3O5S/c1-15(24(30)31)12-27-23(29)21-14-34-22(28-21)10-11-26-25(32)33-13-20-18-8-4-2-6-16(18)17-7-3-5-9-19(17)20/h2-9,14-15,20H,10-13H2,1H3,(H,26,32)(H,27,29)(H,30,31). The maximum absolute atomic E-state index is 12.3. The molecule has 1 aliphatic carbocycles. The number of rotatable bonds is 9. The second-order valence-electron chi connectivity index (χ2n) is 8.08. The molecule has 0 bridgehead atoms. The first-order chi connectivity index (χ1) is 16.4. The van der Waals surface area contributed by atoms with E-state index in [0.717, 1.165) is 11.1 Å². The van der Waals surface area contributed by atoms with Gasteiger partial charge in [0, 0.05) is 30.8 Å². The first-order valence-corrected chi connectivity index (χ1v) is 11.9. The molecule has 0 spiro atoms. The monoisotopic (exact) mass is 479 g/mol. The first-order valence-electron chi connectivity index (χ1n) is 11.0. The van der Waals surface area contributed by atoms with E-state index in [9.17, 15) is 14.4 Å². The summed E-state index contributed by atoms with van der Waals surface area (Å²) in [5.41, 5.74) is 4.89. The van der Waals surface area contributed by atoms with Crippen LogP contribution in [-0.2, 0) is 16.0 Å². The van der Waals surface area contributed by atoms with Gasteiger partial charge in [0.25, 0.3) is 5.91 Å². The van der Waals surface area contributed by atoms with Crippen LogP contribution in [0.4, 0.5) is 4.79 Å². The van der Waals surface area contributed by atoms with Crippen LogP contribution in [0.15, 0.2) is 53.9 Å². The van der Waals surface area contributed by atoms with Crippen molar-refractivity contribution in [1.29, 1.82) is 0 Å². The average molecular weight is 480 g/mol. The highest BCUT2D eigenvalue weighted by molar-refractivity contribution is 7.09. The van der Waals surface area contributed by atoms with Gasteiger partial charge < -0.3 is 20.5 Å². The van der Waals surface area contributed by atoms with Gasteiger partial charge in [0.05, 0.1) is 10.9 Å². The van der Waals surface area contributed by atoms with Gasteiger partial charge in [-0.2, -0.15) is 0 Å². The predicted molar refractivity (Wildman–Crippen MR) is 128 cm³/mol. The lowest BCUT2D eigenvalue weighted by Crippen LogP contribution is -2.31. The van der Waals surface area contributed by atoms with Crippen LogP contribution in [0.25, 0.3) is 11.1 Å². The van der Waals surface area contributed by atoms with Crippen molar-refractivity contribution in [1.82, 2.24) is 15.6 Å². The smallest absolute Gasteiger partial charge is 0.407 e. The molecule has 3 N–H and O–H groups in total. The molecule has 1 heterocycles. The van der Waals surface area contributed by atoms with Gasteiger partial charge in [-0.15, -0.1) is 11.3 Å². The number of ether oxygens (including phenoxy) is 1. The number of hydrogen-bond donors (Lipinski definition) is 3. The molecule has 9 heteroatoms. The number of fused-ring (bicyclic) bond motifs is 3. The van der Waals surface area contributed by atoms with Gasteiger partial charge >= 0.3 is 12.1 Å². The van der Waals surface area contributed by atoms with E-state index in [1.165, 1.54) is 29.4 Å². The van der Waals surface area contributed by atoms with Crippen molar-refractivity contribution in [2.24, 2.45) is 5.92 Å². The van der Waals surface area contributed by atoms with Crippen molar-refractivity contribution in [3.63, 3.8) is 0 Å². The molecule has 3 aromatic rings. The number of carbonyl (C=O) groups excluding carboxylic acids is 2. The molecule has 0 saturated heterocycles. The molecule has 1 unspecified atom stereocenters. The lowest BCUT2D eigenvalue weighted by Gasteiger charge is -2.14. The van der Waals surface area contributed by atoms with Crippen LogP contribution < -0.4 is 10.6 Å². The Morgan fingerprint density at radius 3 is 2.35 bits per heavy atom. The third kappa shape index (κ3) is 5.26. The van der Waals surface area contributed by atoms with E-state index in [2.05, 4.69) is 39.9 Å². The minimum Gasteiger partial charge on any atom is -0.481 e. The number of benzene rings is 2. The third-order valence-electron chi connectivity index (χ3n) is 5.73. The van der Waals surface area contributed by atoms with Gasteiger partial charge in [0.15, 0.2) is 0 Å². The lowest BCUT2D eigenvalue weighted by molar-refractivity contribution is -0.140. The molecule has 0 radical (unpaired) electrons. The van der Waals surface area contributed by atoms with Crippen molar-refractivity contribution >= 4 is 29.3 Å². The van der Waals surface area contributed by atoms with Crippen LogP contribution in [0.5, 0.6) is 0 Å². The minimum absolute atomic E-state index is 0.00188.